The van der Waals surface area contributed by atoms with Gasteiger partial charge in [0.05, 0.1) is 27.4 Å². The molecule has 0 bridgehead atoms. The Morgan fingerprint density at radius 3 is 2.10 bits per heavy atom. The third-order valence-electron chi connectivity index (χ3n) is 0.907. The molecule has 0 unspecified atom stereocenters. The van der Waals surface area contributed by atoms with Gasteiger partial charge in [0.15, 0.2) is 0 Å². The Morgan fingerprint density at radius 2 is 1.70 bits per heavy atom. The topological polar surface area (TPSA) is 47.6 Å². The fraction of sp³-hybridized carbons (Fsp3) is 0. The molecule has 0 aliphatic rings. The number of benzene rings is 1. The van der Waals surface area contributed by atoms with Crippen molar-refractivity contribution in [2.45, 2.75) is 0 Å². The second-order valence-corrected chi connectivity index (χ2v) is 1.53. The van der Waals surface area contributed by atoms with Crippen molar-refractivity contribution in [2.75, 3.05) is 0 Å². The first-order valence-electron chi connectivity index (χ1n) is 4.02. The van der Waals surface area contributed by atoms with Gasteiger partial charge in [0.1, 0.15) is 0 Å². The first kappa shape index (κ1) is 3.39. The van der Waals surface area contributed by atoms with E-state index in [0.717, 1.165) is 6.07 Å². The highest BCUT2D eigenvalue weighted by molar-refractivity contribution is 5.38. The standard InChI is InChI=1S/C8H4N2/c9-5-7-2-1-3-8(4-7)6-10/h1-4H/i2D,3D,4D. The summed E-state index contributed by atoms with van der Waals surface area (Å²) in [5, 5.41) is 17.1. The molecule has 0 saturated heterocycles. The number of hydrogen-bond donors (Lipinski definition) is 0. The van der Waals surface area contributed by atoms with E-state index in [1.165, 1.54) is 0 Å². The first-order valence-corrected chi connectivity index (χ1v) is 2.52. The molecule has 46 valence electrons. The summed E-state index contributed by atoms with van der Waals surface area (Å²) in [7, 11) is 0. The normalized spacial score (nSPS) is 12.0. The third-order valence-corrected chi connectivity index (χ3v) is 0.907. The minimum atomic E-state index is -0.331. The van der Waals surface area contributed by atoms with Crippen molar-refractivity contribution >= 4 is 0 Å². The molecule has 10 heavy (non-hydrogen) atoms. The number of hydrogen-bond acceptors (Lipinski definition) is 2. The number of nitrogens with zero attached hydrogens (tertiary/aromatic N) is 2. The third kappa shape index (κ3) is 1.13. The zero-order chi connectivity index (χ0) is 10.0. The second kappa shape index (κ2) is 2.66. The van der Waals surface area contributed by atoms with Gasteiger partial charge >= 0.3 is 0 Å². The van der Waals surface area contributed by atoms with Crippen molar-refractivity contribution < 1.29 is 4.11 Å². The van der Waals surface area contributed by atoms with Crippen LogP contribution in [0.5, 0.6) is 0 Å². The Bertz CT molecular complexity index is 402. The summed E-state index contributed by atoms with van der Waals surface area (Å²) < 4.78 is 21.8. The number of rotatable bonds is 0. The predicted molar refractivity (Wildman–Crippen MR) is 35.9 cm³/mol. The van der Waals surface area contributed by atoms with Crippen LogP contribution in [0.15, 0.2) is 24.2 Å². The van der Waals surface area contributed by atoms with Crippen molar-refractivity contribution in [3.63, 3.8) is 0 Å². The summed E-state index contributed by atoms with van der Waals surface area (Å²) in [6, 6.07) is 3.71. The summed E-state index contributed by atoms with van der Waals surface area (Å²) in [5.74, 6) is 0. The van der Waals surface area contributed by atoms with Crippen LogP contribution < -0.4 is 0 Å². The van der Waals surface area contributed by atoms with Crippen LogP contribution in [0.2, 0.25) is 0 Å². The molecule has 2 heteroatoms. The Kier molecular flexibility index (Phi) is 0.901. The Labute approximate surface area is 63.2 Å². The molecule has 0 aliphatic heterocycles. The Balaban J connectivity index is 3.63. The highest BCUT2D eigenvalue weighted by atomic mass is 14.2. The Hall–Kier alpha value is -1.80. The summed E-state index contributed by atoms with van der Waals surface area (Å²) in [5.41, 5.74) is -0.319. The molecule has 0 spiro atoms. The van der Waals surface area contributed by atoms with E-state index in [-0.39, 0.29) is 29.3 Å². The molecular formula is C8H4N2. The lowest BCUT2D eigenvalue weighted by molar-refractivity contribution is 1.45. The molecule has 1 aromatic carbocycles. The zero-order valence-corrected chi connectivity index (χ0v) is 4.97. The van der Waals surface area contributed by atoms with Crippen LogP contribution >= 0.6 is 0 Å². The van der Waals surface area contributed by atoms with Gasteiger partial charge in [-0.05, 0) is 18.1 Å². The molecule has 0 fully saturated rings. The fourth-order valence-electron chi connectivity index (χ4n) is 0.498. The lowest BCUT2D eigenvalue weighted by Gasteiger charge is -1.86. The van der Waals surface area contributed by atoms with Gasteiger partial charge in [-0.1, -0.05) is 6.07 Å². The smallest absolute Gasteiger partial charge is 0.0992 e. The van der Waals surface area contributed by atoms with Gasteiger partial charge in [0.25, 0.3) is 0 Å². The van der Waals surface area contributed by atoms with Gasteiger partial charge in [-0.25, -0.2) is 0 Å². The van der Waals surface area contributed by atoms with Gasteiger partial charge in [0.2, 0.25) is 0 Å². The molecule has 0 N–H and O–H groups in total. The van der Waals surface area contributed by atoms with E-state index in [4.69, 9.17) is 14.6 Å². The van der Waals surface area contributed by atoms with Crippen molar-refractivity contribution in [1.29, 1.82) is 10.5 Å². The van der Waals surface area contributed by atoms with Crippen LogP contribution in [0.1, 0.15) is 15.2 Å². The lowest BCUT2D eigenvalue weighted by Crippen LogP contribution is -1.75. The molecule has 0 atom stereocenters. The van der Waals surface area contributed by atoms with Gasteiger partial charge in [-0.3, -0.25) is 0 Å². The van der Waals surface area contributed by atoms with Crippen LogP contribution in [0.25, 0.3) is 0 Å². The SMILES string of the molecule is [2H]c1cc([2H])c(C#N)c([2H])c1C#N. The molecule has 0 radical (unpaired) electrons. The van der Waals surface area contributed by atoms with Crippen LogP contribution in [-0.4, -0.2) is 0 Å². The van der Waals surface area contributed by atoms with E-state index < -0.39 is 0 Å². The summed E-state index contributed by atoms with van der Waals surface area (Å²) in [6.45, 7) is 0. The van der Waals surface area contributed by atoms with Gasteiger partial charge in [0, 0.05) is 0 Å². The van der Waals surface area contributed by atoms with Gasteiger partial charge in [-0.2, -0.15) is 10.5 Å². The van der Waals surface area contributed by atoms with Crippen LogP contribution in [-0.2, 0) is 0 Å². The second-order valence-electron chi connectivity index (χ2n) is 1.53. The molecule has 0 amide bonds. The van der Waals surface area contributed by atoms with Crippen LogP contribution in [0.3, 0.4) is 0 Å². The lowest BCUT2D eigenvalue weighted by atomic mass is 10.2. The molecule has 1 rings (SSSR count). The van der Waals surface area contributed by atoms with Crippen LogP contribution in [0.4, 0.5) is 0 Å². The minimum Gasteiger partial charge on any atom is -0.192 e. The molecule has 0 saturated carbocycles. The fourth-order valence-corrected chi connectivity index (χ4v) is 0.498. The van der Waals surface area contributed by atoms with Gasteiger partial charge in [-0.15, -0.1) is 0 Å². The van der Waals surface area contributed by atoms with E-state index in [1.807, 2.05) is 0 Å². The molecule has 0 aromatic heterocycles. The predicted octanol–water partition coefficient (Wildman–Crippen LogP) is 1.43. The molecule has 1 aromatic rings. The maximum absolute atomic E-state index is 8.55. The summed E-state index contributed by atoms with van der Waals surface area (Å²) in [4.78, 5) is 0. The Morgan fingerprint density at radius 1 is 1.20 bits per heavy atom. The average Bonchev–Trinajstić information content (AvgIpc) is 2.04. The molecule has 2 nitrogen and oxygen atoms in total. The number of nitriles is 2. The zero-order valence-electron chi connectivity index (χ0n) is 7.97. The van der Waals surface area contributed by atoms with E-state index >= 15 is 0 Å². The van der Waals surface area contributed by atoms with Crippen molar-refractivity contribution in [3.05, 3.63) is 35.3 Å². The van der Waals surface area contributed by atoms with E-state index in [9.17, 15) is 0 Å². The molecule has 0 heterocycles. The molecular weight excluding hydrogens is 124 g/mol. The highest BCUT2D eigenvalue weighted by Gasteiger charge is 1.90. The van der Waals surface area contributed by atoms with Crippen molar-refractivity contribution in [1.82, 2.24) is 0 Å². The van der Waals surface area contributed by atoms with E-state index in [0.29, 0.717) is 0 Å². The highest BCUT2D eigenvalue weighted by Crippen LogP contribution is 2.01. The first-order chi connectivity index (χ1) is 6.11. The van der Waals surface area contributed by atoms with Crippen molar-refractivity contribution in [2.24, 2.45) is 0 Å². The van der Waals surface area contributed by atoms with Crippen LogP contribution in [0, 0.1) is 22.7 Å². The van der Waals surface area contributed by atoms with E-state index in [1.54, 1.807) is 12.1 Å². The average molecular weight is 131 g/mol. The van der Waals surface area contributed by atoms with Gasteiger partial charge < -0.3 is 0 Å². The maximum Gasteiger partial charge on any atom is 0.0992 e. The van der Waals surface area contributed by atoms with E-state index in [2.05, 4.69) is 0 Å². The minimum absolute atomic E-state index is 0.160. The summed E-state index contributed by atoms with van der Waals surface area (Å²) in [6.07, 6.45) is 0. The van der Waals surface area contributed by atoms with Crippen molar-refractivity contribution in [3.8, 4) is 12.1 Å². The monoisotopic (exact) mass is 131 g/mol. The largest absolute Gasteiger partial charge is 0.192 e. The summed E-state index contributed by atoms with van der Waals surface area (Å²) >= 11 is 0. The molecule has 0 aliphatic carbocycles. The quantitative estimate of drug-likeness (QED) is 0.534. The maximum atomic E-state index is 8.55.